The zero-order valence-electron chi connectivity index (χ0n) is 9.67. The highest BCUT2D eigenvalue weighted by atomic mass is 32.2. The highest BCUT2D eigenvalue weighted by Gasteiger charge is 2.19. The number of aliphatic hydroxyl groups is 1. The number of rotatable bonds is 8. The molecule has 0 amide bonds. The van der Waals surface area contributed by atoms with Crippen molar-refractivity contribution < 1.29 is 9.84 Å². The fourth-order valence-electron chi connectivity index (χ4n) is 1.15. The lowest BCUT2D eigenvalue weighted by atomic mass is 10.1. The zero-order valence-corrected chi connectivity index (χ0v) is 10.5. The van der Waals surface area contributed by atoms with Crippen LogP contribution in [0.3, 0.4) is 0 Å². The minimum absolute atomic E-state index is 0.392. The van der Waals surface area contributed by atoms with Crippen LogP contribution in [0.25, 0.3) is 0 Å². The largest absolute Gasteiger partial charge is 0.388 e. The Balaban J connectivity index is 3.58. The van der Waals surface area contributed by atoms with Gasteiger partial charge in [-0.2, -0.15) is 11.8 Å². The van der Waals surface area contributed by atoms with Crippen molar-refractivity contribution in [3.63, 3.8) is 0 Å². The summed E-state index contributed by atoms with van der Waals surface area (Å²) in [4.78, 5) is 0. The van der Waals surface area contributed by atoms with E-state index in [0.717, 1.165) is 18.8 Å². The van der Waals surface area contributed by atoms with E-state index in [-0.39, 0.29) is 0 Å². The van der Waals surface area contributed by atoms with Crippen LogP contribution < -0.4 is 5.32 Å². The molecule has 0 aromatic carbocycles. The van der Waals surface area contributed by atoms with Gasteiger partial charge in [0.2, 0.25) is 0 Å². The highest BCUT2D eigenvalue weighted by molar-refractivity contribution is 7.98. The lowest BCUT2D eigenvalue weighted by Gasteiger charge is -2.25. The summed E-state index contributed by atoms with van der Waals surface area (Å²) in [5, 5.41) is 13.2. The van der Waals surface area contributed by atoms with Gasteiger partial charge in [-0.15, -0.1) is 0 Å². The maximum atomic E-state index is 9.87. The summed E-state index contributed by atoms with van der Waals surface area (Å²) in [6, 6.07) is 0.392. The van der Waals surface area contributed by atoms with Gasteiger partial charge in [0, 0.05) is 32.1 Å². The van der Waals surface area contributed by atoms with Crippen LogP contribution in [0, 0.1) is 0 Å². The Morgan fingerprint density at radius 2 is 2.21 bits per heavy atom. The number of ether oxygens (including phenoxy) is 1. The molecule has 3 nitrogen and oxygen atoms in total. The van der Waals surface area contributed by atoms with Gasteiger partial charge in [-0.1, -0.05) is 0 Å². The molecule has 0 aromatic heterocycles. The number of methoxy groups -OCH3 is 1. The first-order valence-electron chi connectivity index (χ1n) is 4.95. The molecule has 0 aliphatic carbocycles. The molecule has 2 atom stereocenters. The van der Waals surface area contributed by atoms with E-state index in [1.54, 1.807) is 18.9 Å². The molecule has 0 fully saturated rings. The van der Waals surface area contributed by atoms with Gasteiger partial charge < -0.3 is 15.2 Å². The SMILES string of the molecule is COCCC(C)NCC(C)(O)CSC. The van der Waals surface area contributed by atoms with E-state index in [4.69, 9.17) is 4.74 Å². The number of hydrogen-bond acceptors (Lipinski definition) is 4. The highest BCUT2D eigenvalue weighted by Crippen LogP contribution is 2.09. The van der Waals surface area contributed by atoms with Crippen molar-refractivity contribution in [2.45, 2.75) is 31.9 Å². The Hall–Kier alpha value is 0.230. The molecule has 14 heavy (non-hydrogen) atoms. The van der Waals surface area contributed by atoms with Crippen molar-refractivity contribution in [2.24, 2.45) is 0 Å². The molecule has 0 aliphatic heterocycles. The number of hydrogen-bond donors (Lipinski definition) is 2. The Bertz CT molecular complexity index is 142. The molecule has 0 bridgehead atoms. The molecule has 2 unspecified atom stereocenters. The van der Waals surface area contributed by atoms with E-state index in [2.05, 4.69) is 12.2 Å². The Morgan fingerprint density at radius 3 is 2.71 bits per heavy atom. The van der Waals surface area contributed by atoms with E-state index >= 15 is 0 Å². The predicted molar refractivity (Wildman–Crippen MR) is 63.0 cm³/mol. The van der Waals surface area contributed by atoms with E-state index in [1.807, 2.05) is 13.2 Å². The molecular formula is C10H23NO2S. The quantitative estimate of drug-likeness (QED) is 0.644. The summed E-state index contributed by atoms with van der Waals surface area (Å²) in [6.45, 7) is 5.37. The van der Waals surface area contributed by atoms with E-state index < -0.39 is 5.60 Å². The summed E-state index contributed by atoms with van der Waals surface area (Å²) >= 11 is 1.66. The molecule has 86 valence electrons. The maximum absolute atomic E-state index is 9.87. The van der Waals surface area contributed by atoms with Gasteiger partial charge in [0.25, 0.3) is 0 Å². The summed E-state index contributed by atoms with van der Waals surface area (Å²) in [5.41, 5.74) is -0.610. The second kappa shape index (κ2) is 7.51. The monoisotopic (exact) mass is 221 g/mol. The lowest BCUT2D eigenvalue weighted by molar-refractivity contribution is 0.0799. The lowest BCUT2D eigenvalue weighted by Crippen LogP contribution is -2.43. The molecule has 0 rings (SSSR count). The molecule has 0 heterocycles. The second-order valence-electron chi connectivity index (χ2n) is 3.99. The van der Waals surface area contributed by atoms with Crippen molar-refractivity contribution in [1.29, 1.82) is 0 Å². The molecule has 0 saturated carbocycles. The van der Waals surface area contributed by atoms with Crippen molar-refractivity contribution >= 4 is 11.8 Å². The minimum atomic E-state index is -0.610. The second-order valence-corrected chi connectivity index (χ2v) is 4.86. The number of thioether (sulfide) groups is 1. The van der Waals surface area contributed by atoms with Gasteiger partial charge in [0.15, 0.2) is 0 Å². The van der Waals surface area contributed by atoms with Gasteiger partial charge in [0.1, 0.15) is 0 Å². The van der Waals surface area contributed by atoms with Crippen molar-refractivity contribution in [3.05, 3.63) is 0 Å². The zero-order chi connectivity index (χ0) is 11.0. The number of nitrogens with one attached hydrogen (secondary N) is 1. The summed E-state index contributed by atoms with van der Waals surface area (Å²) in [6.07, 6.45) is 2.98. The first-order chi connectivity index (χ1) is 6.52. The summed E-state index contributed by atoms with van der Waals surface area (Å²) in [7, 11) is 1.70. The first-order valence-corrected chi connectivity index (χ1v) is 6.35. The van der Waals surface area contributed by atoms with Crippen LogP contribution in [-0.4, -0.2) is 49.0 Å². The van der Waals surface area contributed by atoms with Crippen LogP contribution in [-0.2, 0) is 4.74 Å². The van der Waals surface area contributed by atoms with Gasteiger partial charge in [0.05, 0.1) is 5.60 Å². The molecule has 0 radical (unpaired) electrons. The summed E-state index contributed by atoms with van der Waals surface area (Å²) < 4.78 is 4.99. The third-order valence-corrected chi connectivity index (χ3v) is 2.95. The van der Waals surface area contributed by atoms with Crippen LogP contribution in [0.4, 0.5) is 0 Å². The van der Waals surface area contributed by atoms with Gasteiger partial charge in [-0.05, 0) is 26.5 Å². The van der Waals surface area contributed by atoms with Crippen molar-refractivity contribution in [3.8, 4) is 0 Å². The standard InChI is InChI=1S/C10H23NO2S/c1-9(5-6-13-3)11-7-10(2,12)8-14-4/h9,11-12H,5-8H2,1-4H3. The molecule has 2 N–H and O–H groups in total. The topological polar surface area (TPSA) is 41.5 Å². The van der Waals surface area contributed by atoms with E-state index in [0.29, 0.717) is 12.6 Å². The first kappa shape index (κ1) is 14.2. The van der Waals surface area contributed by atoms with Crippen LogP contribution in [0.2, 0.25) is 0 Å². The molecule has 0 saturated heterocycles. The molecular weight excluding hydrogens is 198 g/mol. The van der Waals surface area contributed by atoms with Crippen LogP contribution in [0.15, 0.2) is 0 Å². The van der Waals surface area contributed by atoms with Crippen molar-refractivity contribution in [1.82, 2.24) is 5.32 Å². The average Bonchev–Trinajstić information content (AvgIpc) is 2.11. The predicted octanol–water partition coefficient (Wildman–Crippen LogP) is 1.11. The minimum Gasteiger partial charge on any atom is -0.388 e. The van der Waals surface area contributed by atoms with Gasteiger partial charge in [-0.3, -0.25) is 0 Å². The Morgan fingerprint density at radius 1 is 1.57 bits per heavy atom. The van der Waals surface area contributed by atoms with Gasteiger partial charge in [-0.25, -0.2) is 0 Å². The smallest absolute Gasteiger partial charge is 0.0833 e. The molecule has 0 aliphatic rings. The maximum Gasteiger partial charge on any atom is 0.0833 e. The van der Waals surface area contributed by atoms with E-state index in [9.17, 15) is 5.11 Å². The van der Waals surface area contributed by atoms with Crippen molar-refractivity contribution in [2.75, 3.05) is 32.3 Å². The fourth-order valence-corrected chi connectivity index (χ4v) is 1.88. The third-order valence-electron chi connectivity index (χ3n) is 2.04. The molecule has 0 aromatic rings. The average molecular weight is 221 g/mol. The van der Waals surface area contributed by atoms with Gasteiger partial charge >= 0.3 is 0 Å². The van der Waals surface area contributed by atoms with Crippen LogP contribution in [0.5, 0.6) is 0 Å². The molecule has 0 spiro atoms. The Kier molecular flexibility index (Phi) is 7.64. The Labute approximate surface area is 91.6 Å². The van der Waals surface area contributed by atoms with Crippen LogP contribution in [0.1, 0.15) is 20.3 Å². The van der Waals surface area contributed by atoms with E-state index in [1.165, 1.54) is 0 Å². The fraction of sp³-hybridized carbons (Fsp3) is 1.00. The molecule has 4 heteroatoms. The van der Waals surface area contributed by atoms with Crippen LogP contribution >= 0.6 is 11.8 Å². The summed E-state index contributed by atoms with van der Waals surface area (Å²) in [5.74, 6) is 0.761. The third kappa shape index (κ3) is 7.62. The normalized spacial score (nSPS) is 17.8.